The van der Waals surface area contributed by atoms with Gasteiger partial charge in [0.15, 0.2) is 0 Å². The number of hydrogen-bond donors (Lipinski definition) is 1. The van der Waals surface area contributed by atoms with Crippen molar-refractivity contribution in [1.82, 2.24) is 19.4 Å². The van der Waals surface area contributed by atoms with Crippen molar-refractivity contribution in [2.45, 2.75) is 30.8 Å². The Labute approximate surface area is 222 Å². The Morgan fingerprint density at radius 2 is 1.78 bits per heavy atom. The van der Waals surface area contributed by atoms with Crippen LogP contribution in [-0.2, 0) is 19.6 Å². The zero-order valence-electron chi connectivity index (χ0n) is 21.1. The second kappa shape index (κ2) is 11.2. The van der Waals surface area contributed by atoms with Crippen molar-refractivity contribution in [3.05, 3.63) is 76.5 Å². The molecule has 0 unspecified atom stereocenters. The van der Waals surface area contributed by atoms with E-state index in [1.165, 1.54) is 9.21 Å². The molecule has 2 aliphatic rings. The van der Waals surface area contributed by atoms with Gasteiger partial charge in [-0.3, -0.25) is 9.80 Å². The molecule has 2 heterocycles. The van der Waals surface area contributed by atoms with Crippen molar-refractivity contribution in [2.75, 3.05) is 39.8 Å². The molecular formula is C26H31ClN4O5S. The highest BCUT2D eigenvalue weighted by Crippen LogP contribution is 2.35. The quantitative estimate of drug-likeness (QED) is 0.535. The van der Waals surface area contributed by atoms with Crippen molar-refractivity contribution in [1.29, 1.82) is 0 Å². The lowest BCUT2D eigenvalue weighted by Crippen LogP contribution is -2.56. The number of ether oxygens (including phenoxy) is 1. The molecule has 0 aromatic heterocycles. The number of amides is 2. The van der Waals surface area contributed by atoms with Crippen molar-refractivity contribution in [3.8, 4) is 0 Å². The summed E-state index contributed by atoms with van der Waals surface area (Å²) in [5.41, 5.74) is 1.40. The largest absolute Gasteiger partial charge is 0.463 e. The number of nitrogens with zero attached hydrogens (tertiary/aromatic N) is 3. The van der Waals surface area contributed by atoms with Gasteiger partial charge in [0.25, 0.3) is 0 Å². The molecule has 1 fully saturated rings. The first kappa shape index (κ1) is 27.1. The average Bonchev–Trinajstić information content (AvgIpc) is 2.87. The van der Waals surface area contributed by atoms with Gasteiger partial charge in [-0.25, -0.2) is 18.0 Å². The predicted octanol–water partition coefficient (Wildman–Crippen LogP) is 3.25. The minimum atomic E-state index is -3.64. The topological polar surface area (TPSA) is 99.3 Å². The first-order valence-corrected chi connectivity index (χ1v) is 13.9. The van der Waals surface area contributed by atoms with E-state index in [2.05, 4.69) is 10.2 Å². The molecule has 2 aromatic carbocycles. The van der Waals surface area contributed by atoms with Crippen LogP contribution in [0.5, 0.6) is 0 Å². The van der Waals surface area contributed by atoms with E-state index in [-0.39, 0.29) is 36.7 Å². The maximum atomic E-state index is 13.2. The standard InChI is InChI=1S/C26H31ClN4O5S/c1-4-36-25(32)23-22(29(3)26(33)28-24(23)20-12-8-9-13-21(20)27)17-30-14-15-31(18(2)16-30)37(34,35)19-10-6-5-7-11-19/h5-13,18,24H,4,14-17H2,1-3H3,(H,28,33)/t18-,24+/m0/s1. The lowest BCUT2D eigenvalue weighted by atomic mass is 9.94. The van der Waals surface area contributed by atoms with E-state index >= 15 is 0 Å². The molecule has 2 aliphatic heterocycles. The lowest BCUT2D eigenvalue weighted by Gasteiger charge is -2.41. The zero-order chi connectivity index (χ0) is 26.7. The number of nitrogens with one attached hydrogen (secondary N) is 1. The molecule has 0 aliphatic carbocycles. The van der Waals surface area contributed by atoms with E-state index in [4.69, 9.17) is 16.3 Å². The van der Waals surface area contributed by atoms with Gasteiger partial charge in [0.05, 0.1) is 23.1 Å². The molecule has 11 heteroatoms. The number of piperazine rings is 1. The highest BCUT2D eigenvalue weighted by molar-refractivity contribution is 7.89. The summed E-state index contributed by atoms with van der Waals surface area (Å²) in [5.74, 6) is -0.535. The number of sulfonamides is 1. The molecule has 4 rings (SSSR count). The Hall–Kier alpha value is -2.92. The molecule has 1 N–H and O–H groups in total. The molecule has 37 heavy (non-hydrogen) atoms. The molecule has 2 aromatic rings. The van der Waals surface area contributed by atoms with E-state index in [0.717, 1.165) is 0 Å². The van der Waals surface area contributed by atoms with Crippen LogP contribution in [0.1, 0.15) is 25.5 Å². The Balaban J connectivity index is 1.64. The number of halogens is 1. The van der Waals surface area contributed by atoms with E-state index in [1.807, 2.05) is 6.92 Å². The third-order valence-corrected chi connectivity index (χ3v) is 9.03. The summed E-state index contributed by atoms with van der Waals surface area (Å²) in [6.45, 7) is 5.17. The number of carbonyl (C=O) groups is 2. The maximum Gasteiger partial charge on any atom is 0.338 e. The highest BCUT2D eigenvalue weighted by Gasteiger charge is 2.40. The van der Waals surface area contributed by atoms with Gasteiger partial charge in [0.2, 0.25) is 10.0 Å². The molecule has 0 radical (unpaired) electrons. The fraction of sp³-hybridized carbons (Fsp3) is 0.385. The van der Waals surface area contributed by atoms with E-state index in [1.54, 1.807) is 68.6 Å². The van der Waals surface area contributed by atoms with Crippen molar-refractivity contribution >= 4 is 33.6 Å². The molecule has 198 valence electrons. The molecule has 1 saturated heterocycles. The smallest absolute Gasteiger partial charge is 0.338 e. The van der Waals surface area contributed by atoms with E-state index in [0.29, 0.717) is 34.9 Å². The van der Waals surface area contributed by atoms with Crippen LogP contribution >= 0.6 is 11.6 Å². The van der Waals surface area contributed by atoms with Crippen LogP contribution < -0.4 is 5.32 Å². The average molecular weight is 547 g/mol. The van der Waals surface area contributed by atoms with E-state index < -0.39 is 22.0 Å². The molecule has 2 atom stereocenters. The molecule has 0 saturated carbocycles. The first-order valence-electron chi connectivity index (χ1n) is 12.1. The number of rotatable bonds is 7. The number of esters is 1. The number of likely N-dealkylation sites (N-methyl/N-ethyl adjacent to an activating group) is 1. The molecular weight excluding hydrogens is 516 g/mol. The molecule has 2 amide bonds. The Morgan fingerprint density at radius 1 is 1.11 bits per heavy atom. The fourth-order valence-electron chi connectivity index (χ4n) is 4.80. The van der Waals surface area contributed by atoms with Crippen molar-refractivity contribution < 1.29 is 22.7 Å². The zero-order valence-corrected chi connectivity index (χ0v) is 22.6. The number of benzene rings is 2. The van der Waals surface area contributed by atoms with Crippen molar-refractivity contribution in [2.24, 2.45) is 0 Å². The van der Waals surface area contributed by atoms with Gasteiger partial charge in [-0.2, -0.15) is 4.31 Å². The van der Waals surface area contributed by atoms with Crippen LogP contribution in [0, 0.1) is 0 Å². The second-order valence-electron chi connectivity index (χ2n) is 9.06. The summed E-state index contributed by atoms with van der Waals surface area (Å²) in [7, 11) is -2.03. The Morgan fingerprint density at radius 3 is 2.43 bits per heavy atom. The monoisotopic (exact) mass is 546 g/mol. The SMILES string of the molecule is CCOC(=O)C1=C(CN2CCN(S(=O)(=O)c3ccccc3)[C@@H](C)C2)N(C)C(=O)N[C@@H]1c1ccccc1Cl. The summed E-state index contributed by atoms with van der Waals surface area (Å²) in [5, 5.41) is 3.29. The summed E-state index contributed by atoms with van der Waals surface area (Å²) in [6, 6.07) is 14.0. The third kappa shape index (κ3) is 5.52. The van der Waals surface area contributed by atoms with Gasteiger partial charge < -0.3 is 10.1 Å². The summed E-state index contributed by atoms with van der Waals surface area (Å²) in [4.78, 5) is 29.9. The lowest BCUT2D eigenvalue weighted by molar-refractivity contribution is -0.139. The molecule has 9 nitrogen and oxygen atoms in total. The van der Waals surface area contributed by atoms with Gasteiger partial charge in [0, 0.05) is 50.0 Å². The molecule has 0 spiro atoms. The third-order valence-electron chi connectivity index (χ3n) is 6.66. The van der Waals surface area contributed by atoms with Crippen LogP contribution in [0.15, 0.2) is 70.8 Å². The van der Waals surface area contributed by atoms with Gasteiger partial charge >= 0.3 is 12.0 Å². The van der Waals surface area contributed by atoms with Crippen molar-refractivity contribution in [3.63, 3.8) is 0 Å². The second-order valence-corrected chi connectivity index (χ2v) is 11.4. The Bertz CT molecular complexity index is 1300. The predicted molar refractivity (Wildman–Crippen MR) is 140 cm³/mol. The van der Waals surface area contributed by atoms with Crippen LogP contribution in [0.25, 0.3) is 0 Å². The maximum absolute atomic E-state index is 13.2. The van der Waals surface area contributed by atoms with Crippen LogP contribution in [-0.4, -0.2) is 80.4 Å². The van der Waals surface area contributed by atoms with Gasteiger partial charge in [0.1, 0.15) is 0 Å². The van der Waals surface area contributed by atoms with Crippen LogP contribution in [0.2, 0.25) is 5.02 Å². The van der Waals surface area contributed by atoms with Gasteiger partial charge in [-0.15, -0.1) is 0 Å². The van der Waals surface area contributed by atoms with Crippen LogP contribution in [0.3, 0.4) is 0 Å². The fourth-order valence-corrected chi connectivity index (χ4v) is 6.68. The van der Waals surface area contributed by atoms with Gasteiger partial charge in [-0.1, -0.05) is 48.0 Å². The summed E-state index contributed by atoms with van der Waals surface area (Å²) < 4.78 is 33.3. The summed E-state index contributed by atoms with van der Waals surface area (Å²) >= 11 is 6.44. The minimum absolute atomic E-state index is 0.176. The van der Waals surface area contributed by atoms with E-state index in [9.17, 15) is 18.0 Å². The van der Waals surface area contributed by atoms with Gasteiger partial charge in [-0.05, 0) is 37.6 Å². The first-order chi connectivity index (χ1) is 17.6. The number of carbonyl (C=O) groups excluding carboxylic acids is 2. The minimum Gasteiger partial charge on any atom is -0.463 e. The number of hydrogen-bond acceptors (Lipinski definition) is 6. The normalized spacial score (nSPS) is 21.6. The summed E-state index contributed by atoms with van der Waals surface area (Å²) in [6.07, 6.45) is 0. The molecule has 0 bridgehead atoms. The van der Waals surface area contributed by atoms with Crippen LogP contribution in [0.4, 0.5) is 4.79 Å². The highest BCUT2D eigenvalue weighted by atomic mass is 35.5. The Kier molecular flexibility index (Phi) is 8.23. The number of urea groups is 1.